The van der Waals surface area contributed by atoms with Crippen LogP contribution in [0.2, 0.25) is 0 Å². The van der Waals surface area contributed by atoms with Crippen LogP contribution in [-0.4, -0.2) is 21.0 Å². The Bertz CT molecular complexity index is 717. The number of carbonyl (C=O) groups is 1. The van der Waals surface area contributed by atoms with Crippen LogP contribution in [0, 0.1) is 17.0 Å². The van der Waals surface area contributed by atoms with Crippen LogP contribution in [0.4, 0.5) is 5.69 Å². The van der Waals surface area contributed by atoms with E-state index >= 15 is 0 Å². The van der Waals surface area contributed by atoms with Gasteiger partial charge in [0.05, 0.1) is 21.9 Å². The minimum Gasteiger partial charge on any atom is -0.481 e. The van der Waals surface area contributed by atoms with Crippen LogP contribution in [0.3, 0.4) is 0 Å². The fourth-order valence-electron chi connectivity index (χ4n) is 1.56. The number of carboxylic acids is 1. The topological polar surface area (TPSA) is 93.3 Å². The summed E-state index contributed by atoms with van der Waals surface area (Å²) in [6, 6.07) is 4.79. The highest BCUT2D eigenvalue weighted by atomic mass is 79.9. The summed E-state index contributed by atoms with van der Waals surface area (Å²) in [7, 11) is 0. The van der Waals surface area contributed by atoms with Crippen molar-refractivity contribution in [3.63, 3.8) is 0 Å². The molecule has 0 aliphatic carbocycles. The maximum atomic E-state index is 11.1. The first kappa shape index (κ1) is 15.9. The van der Waals surface area contributed by atoms with Crippen molar-refractivity contribution in [2.24, 2.45) is 0 Å². The van der Waals surface area contributed by atoms with Crippen molar-refractivity contribution in [1.82, 2.24) is 4.98 Å². The summed E-state index contributed by atoms with van der Waals surface area (Å²) in [5.41, 5.74) is 0.631. The third kappa shape index (κ3) is 4.02. The second kappa shape index (κ2) is 6.54. The number of hydrogen-bond donors (Lipinski definition) is 1. The van der Waals surface area contributed by atoms with Gasteiger partial charge in [-0.2, -0.15) is 0 Å². The van der Waals surface area contributed by atoms with Crippen LogP contribution in [0.15, 0.2) is 31.9 Å². The number of carboxylic acid groups (broad SMARTS) is 1. The molecular weight excluding hydrogens is 380 g/mol. The molecular formula is C12H9BrN2O4S2. The van der Waals surface area contributed by atoms with Gasteiger partial charge in [0.15, 0.2) is 4.34 Å². The van der Waals surface area contributed by atoms with Gasteiger partial charge in [0.25, 0.3) is 5.69 Å². The highest BCUT2D eigenvalue weighted by molar-refractivity contribution is 9.10. The van der Waals surface area contributed by atoms with Gasteiger partial charge in [-0.05, 0) is 19.1 Å². The summed E-state index contributed by atoms with van der Waals surface area (Å²) in [6.07, 6.45) is -0.0908. The maximum Gasteiger partial charge on any atom is 0.308 e. The molecule has 6 nitrogen and oxygen atoms in total. The minimum atomic E-state index is -0.923. The summed E-state index contributed by atoms with van der Waals surface area (Å²) in [4.78, 5) is 26.7. The molecule has 0 saturated heterocycles. The van der Waals surface area contributed by atoms with Gasteiger partial charge >= 0.3 is 5.97 Å². The number of halogens is 1. The molecule has 110 valence electrons. The molecule has 21 heavy (non-hydrogen) atoms. The fraction of sp³-hybridized carbons (Fsp3) is 0.167. The Kier molecular flexibility index (Phi) is 4.96. The summed E-state index contributed by atoms with van der Waals surface area (Å²) >= 11 is 5.61. The third-order valence-electron chi connectivity index (χ3n) is 2.50. The predicted octanol–water partition coefficient (Wildman–Crippen LogP) is 3.90. The standard InChI is InChI=1S/C12H9BrN2O4S2/c1-6-10(5-11(16)17)21-12(14-6)20-9-3-2-7(13)4-8(9)15(18)19/h2-4H,5H2,1H3,(H,16,17). The van der Waals surface area contributed by atoms with Crippen LogP contribution in [-0.2, 0) is 11.2 Å². The van der Waals surface area contributed by atoms with Crippen molar-refractivity contribution in [2.45, 2.75) is 22.6 Å². The van der Waals surface area contributed by atoms with Crippen molar-refractivity contribution in [3.8, 4) is 0 Å². The molecule has 0 atom stereocenters. The Labute approximate surface area is 136 Å². The molecule has 0 aliphatic heterocycles. The van der Waals surface area contributed by atoms with E-state index in [4.69, 9.17) is 5.11 Å². The molecule has 0 bridgehead atoms. The lowest BCUT2D eigenvalue weighted by Gasteiger charge is -2.00. The van der Waals surface area contributed by atoms with Crippen molar-refractivity contribution in [1.29, 1.82) is 0 Å². The minimum absolute atomic E-state index is 0.0120. The van der Waals surface area contributed by atoms with Crippen molar-refractivity contribution in [3.05, 3.63) is 43.4 Å². The molecule has 9 heteroatoms. The van der Waals surface area contributed by atoms with Crippen molar-refractivity contribution in [2.75, 3.05) is 0 Å². The fourth-order valence-corrected chi connectivity index (χ4v) is 4.17. The summed E-state index contributed by atoms with van der Waals surface area (Å²) in [6.45, 7) is 1.73. The van der Waals surface area contributed by atoms with Crippen LogP contribution in [0.5, 0.6) is 0 Å². The quantitative estimate of drug-likeness (QED) is 0.616. The molecule has 0 fully saturated rings. The second-order valence-electron chi connectivity index (χ2n) is 4.03. The number of hydrogen-bond acceptors (Lipinski definition) is 6. The highest BCUT2D eigenvalue weighted by Crippen LogP contribution is 2.38. The second-order valence-corrected chi connectivity index (χ2v) is 7.32. The number of nitro benzene ring substituents is 1. The van der Waals surface area contributed by atoms with E-state index in [1.54, 1.807) is 19.1 Å². The summed E-state index contributed by atoms with van der Waals surface area (Å²) < 4.78 is 1.22. The normalized spacial score (nSPS) is 10.6. The zero-order chi connectivity index (χ0) is 15.6. The van der Waals surface area contributed by atoms with E-state index in [1.165, 1.54) is 29.2 Å². The maximum absolute atomic E-state index is 11.1. The molecule has 0 amide bonds. The number of aliphatic carboxylic acids is 1. The Morgan fingerprint density at radius 1 is 1.57 bits per heavy atom. The lowest BCUT2D eigenvalue weighted by atomic mass is 10.3. The van der Waals surface area contributed by atoms with Crippen molar-refractivity contribution >= 4 is 50.7 Å². The van der Waals surface area contributed by atoms with E-state index in [9.17, 15) is 14.9 Å². The van der Waals surface area contributed by atoms with E-state index in [-0.39, 0.29) is 12.1 Å². The molecule has 2 rings (SSSR count). The van der Waals surface area contributed by atoms with E-state index in [1.807, 2.05) is 0 Å². The Morgan fingerprint density at radius 2 is 2.29 bits per heavy atom. The average Bonchev–Trinajstić information content (AvgIpc) is 2.71. The smallest absolute Gasteiger partial charge is 0.308 e. The summed E-state index contributed by atoms with van der Waals surface area (Å²) in [5, 5.41) is 19.9. The average molecular weight is 389 g/mol. The Hall–Kier alpha value is -1.45. The zero-order valence-corrected chi connectivity index (χ0v) is 13.9. The monoisotopic (exact) mass is 388 g/mol. The number of nitro groups is 1. The van der Waals surface area contributed by atoms with Crippen LogP contribution in [0.1, 0.15) is 10.6 Å². The molecule has 0 unspecified atom stereocenters. The molecule has 1 aromatic carbocycles. The summed E-state index contributed by atoms with van der Waals surface area (Å²) in [5.74, 6) is -0.923. The van der Waals surface area contributed by atoms with Gasteiger partial charge in [0.2, 0.25) is 0 Å². The first-order valence-corrected chi connectivity index (χ1v) is 8.09. The predicted molar refractivity (Wildman–Crippen MR) is 83.1 cm³/mol. The number of thiazole rings is 1. The molecule has 0 spiro atoms. The first-order chi connectivity index (χ1) is 9.86. The first-order valence-electron chi connectivity index (χ1n) is 5.66. The number of aryl methyl sites for hydroxylation is 1. The van der Waals surface area contributed by atoms with Gasteiger partial charge in [-0.3, -0.25) is 14.9 Å². The van der Waals surface area contributed by atoms with Crippen LogP contribution in [0.25, 0.3) is 0 Å². The number of aromatic nitrogens is 1. The molecule has 2 aromatic rings. The van der Waals surface area contributed by atoms with Crippen molar-refractivity contribution < 1.29 is 14.8 Å². The number of benzene rings is 1. The zero-order valence-electron chi connectivity index (χ0n) is 10.7. The van der Waals surface area contributed by atoms with Gasteiger partial charge < -0.3 is 5.11 Å². The Morgan fingerprint density at radius 3 is 2.90 bits per heavy atom. The molecule has 0 saturated carbocycles. The highest BCUT2D eigenvalue weighted by Gasteiger charge is 2.18. The van der Waals surface area contributed by atoms with Gasteiger partial charge in [-0.1, -0.05) is 27.7 Å². The largest absolute Gasteiger partial charge is 0.481 e. The van der Waals surface area contributed by atoms with Gasteiger partial charge in [-0.15, -0.1) is 11.3 Å². The van der Waals surface area contributed by atoms with Gasteiger partial charge in [-0.25, -0.2) is 4.98 Å². The van der Waals surface area contributed by atoms with E-state index in [2.05, 4.69) is 20.9 Å². The van der Waals surface area contributed by atoms with Gasteiger partial charge in [0.1, 0.15) is 0 Å². The van der Waals surface area contributed by atoms with Crippen LogP contribution < -0.4 is 0 Å². The molecule has 1 aromatic heterocycles. The van der Waals surface area contributed by atoms with Crippen LogP contribution >= 0.6 is 39.0 Å². The number of nitrogens with zero attached hydrogens (tertiary/aromatic N) is 2. The van der Waals surface area contributed by atoms with Gasteiger partial charge in [0, 0.05) is 15.4 Å². The lowest BCUT2D eigenvalue weighted by Crippen LogP contribution is -1.99. The molecule has 0 aliphatic rings. The van der Waals surface area contributed by atoms with E-state index in [0.29, 0.717) is 24.3 Å². The lowest BCUT2D eigenvalue weighted by molar-refractivity contribution is -0.387. The molecule has 1 N–H and O–H groups in total. The van der Waals surface area contributed by atoms with E-state index in [0.717, 1.165) is 0 Å². The molecule has 1 heterocycles. The third-order valence-corrected chi connectivity index (χ3v) is 5.28. The molecule has 0 radical (unpaired) electrons. The van der Waals surface area contributed by atoms with E-state index < -0.39 is 10.9 Å². The SMILES string of the molecule is Cc1nc(Sc2ccc(Br)cc2[N+](=O)[O-])sc1CC(=O)O. The number of rotatable bonds is 5. The Balaban J connectivity index is 2.30.